The topological polar surface area (TPSA) is 104 Å². The first-order valence-electron chi connectivity index (χ1n) is 15.0. The first-order chi connectivity index (χ1) is 21.5. The van der Waals surface area contributed by atoms with Crippen LogP contribution in [0.4, 0.5) is 11.5 Å². The van der Waals surface area contributed by atoms with Gasteiger partial charge in [-0.3, -0.25) is 4.79 Å². The highest BCUT2D eigenvalue weighted by atomic mass is 35.5. The molecule has 236 valence electrons. The summed E-state index contributed by atoms with van der Waals surface area (Å²) in [5, 5.41) is 10.9. The van der Waals surface area contributed by atoms with Crippen LogP contribution in [0.3, 0.4) is 0 Å². The summed E-state index contributed by atoms with van der Waals surface area (Å²) in [7, 11) is 4.13. The average Bonchev–Trinajstić information content (AvgIpc) is 3.41. The molecule has 0 spiro atoms. The Morgan fingerprint density at radius 2 is 1.89 bits per heavy atom. The van der Waals surface area contributed by atoms with Crippen molar-refractivity contribution in [1.82, 2.24) is 19.4 Å². The standard InChI is InChI=1S/C33H36Cl2N6O4/c1-19(2)20-10-22(18-45-32-26(34)6-5-9-36-32)40(14-20)29-12-28-24(11-27(29)35)31(42)25(33(43)44)17-41(28)21-7-8-30(37-13-21)39-15-23(16-39)38(3)4/h5-9,11-13,17,19-20,22-23H,10,14-16,18H2,1-4H3,(H,43,44)/t20-,22+/m0/s1. The third kappa shape index (κ3) is 6.06. The minimum Gasteiger partial charge on any atom is -0.477 e. The Kier molecular flexibility index (Phi) is 8.65. The van der Waals surface area contributed by atoms with Gasteiger partial charge in [0.25, 0.3) is 0 Å². The largest absolute Gasteiger partial charge is 0.477 e. The number of anilines is 2. The van der Waals surface area contributed by atoms with Crippen LogP contribution < -0.4 is 20.0 Å². The number of pyridine rings is 3. The van der Waals surface area contributed by atoms with E-state index in [9.17, 15) is 14.7 Å². The van der Waals surface area contributed by atoms with Gasteiger partial charge in [0.05, 0.1) is 34.2 Å². The Morgan fingerprint density at radius 1 is 1.11 bits per heavy atom. The molecule has 12 heteroatoms. The van der Waals surface area contributed by atoms with Gasteiger partial charge in [0.1, 0.15) is 23.0 Å². The van der Waals surface area contributed by atoms with E-state index in [1.807, 2.05) is 18.2 Å². The lowest BCUT2D eigenvalue weighted by Gasteiger charge is -2.43. The van der Waals surface area contributed by atoms with Gasteiger partial charge in [-0.15, -0.1) is 0 Å². The van der Waals surface area contributed by atoms with Crippen LogP contribution in [0.25, 0.3) is 16.6 Å². The highest BCUT2D eigenvalue weighted by Crippen LogP contribution is 2.39. The summed E-state index contributed by atoms with van der Waals surface area (Å²) >= 11 is 13.2. The Labute approximate surface area is 271 Å². The summed E-state index contributed by atoms with van der Waals surface area (Å²) in [5.74, 6) is 0.720. The lowest BCUT2D eigenvalue weighted by atomic mass is 9.93. The van der Waals surface area contributed by atoms with Crippen molar-refractivity contribution in [3.8, 4) is 11.6 Å². The van der Waals surface area contributed by atoms with Gasteiger partial charge in [0.2, 0.25) is 11.3 Å². The molecule has 2 fully saturated rings. The van der Waals surface area contributed by atoms with Gasteiger partial charge < -0.3 is 29.1 Å². The summed E-state index contributed by atoms with van der Waals surface area (Å²) in [6, 6.07) is 11.2. The molecule has 45 heavy (non-hydrogen) atoms. The maximum absolute atomic E-state index is 13.4. The molecule has 0 aliphatic carbocycles. The number of likely N-dealkylation sites (N-methyl/N-ethyl adjacent to an activating group) is 1. The van der Waals surface area contributed by atoms with E-state index >= 15 is 0 Å². The third-order valence-electron chi connectivity index (χ3n) is 9.07. The van der Waals surface area contributed by atoms with Crippen molar-refractivity contribution >= 4 is 51.6 Å². The highest BCUT2D eigenvalue weighted by molar-refractivity contribution is 6.34. The lowest BCUT2D eigenvalue weighted by Crippen LogP contribution is -2.57. The highest BCUT2D eigenvalue weighted by Gasteiger charge is 2.36. The number of hydrogen-bond donors (Lipinski definition) is 1. The summed E-state index contributed by atoms with van der Waals surface area (Å²) in [5.41, 5.74) is 0.982. The lowest BCUT2D eigenvalue weighted by molar-refractivity contribution is 0.0695. The number of carboxylic acid groups (broad SMARTS) is 1. The number of carbonyl (C=O) groups is 1. The molecular formula is C33H36Cl2N6O4. The second kappa shape index (κ2) is 12.5. The maximum atomic E-state index is 13.4. The molecule has 2 aliphatic heterocycles. The number of halogens is 2. The Morgan fingerprint density at radius 3 is 2.53 bits per heavy atom. The molecule has 0 amide bonds. The summed E-state index contributed by atoms with van der Waals surface area (Å²) in [4.78, 5) is 41.1. The predicted octanol–water partition coefficient (Wildman–Crippen LogP) is 5.47. The maximum Gasteiger partial charge on any atom is 0.341 e. The van der Waals surface area contributed by atoms with Gasteiger partial charge in [-0.1, -0.05) is 37.0 Å². The first-order valence-corrected chi connectivity index (χ1v) is 15.8. The third-order valence-corrected chi connectivity index (χ3v) is 9.66. The molecule has 3 aromatic heterocycles. The molecule has 5 heterocycles. The van der Waals surface area contributed by atoms with Gasteiger partial charge >= 0.3 is 5.97 Å². The Balaban J connectivity index is 1.40. The number of nitrogens with zero attached hydrogens (tertiary/aromatic N) is 6. The van der Waals surface area contributed by atoms with Gasteiger partial charge in [-0.2, -0.15) is 0 Å². The van der Waals surface area contributed by atoms with Gasteiger partial charge in [-0.25, -0.2) is 14.8 Å². The van der Waals surface area contributed by atoms with E-state index < -0.39 is 11.4 Å². The van der Waals surface area contributed by atoms with Crippen LogP contribution in [-0.2, 0) is 0 Å². The zero-order chi connectivity index (χ0) is 32.0. The van der Waals surface area contributed by atoms with Crippen molar-refractivity contribution in [3.05, 3.63) is 80.8 Å². The molecule has 6 rings (SSSR count). The molecule has 1 N–H and O–H groups in total. The monoisotopic (exact) mass is 650 g/mol. The fourth-order valence-corrected chi connectivity index (χ4v) is 6.59. The first kappa shape index (κ1) is 31.1. The number of fused-ring (bicyclic) bond motifs is 1. The number of benzene rings is 1. The number of rotatable bonds is 9. The second-order valence-electron chi connectivity index (χ2n) is 12.4. The van der Waals surface area contributed by atoms with Crippen LogP contribution >= 0.6 is 23.2 Å². The molecule has 0 radical (unpaired) electrons. The van der Waals surface area contributed by atoms with Crippen LogP contribution in [-0.4, -0.2) is 82.9 Å². The fourth-order valence-electron chi connectivity index (χ4n) is 6.14. The molecule has 0 saturated carbocycles. The van der Waals surface area contributed by atoms with E-state index in [4.69, 9.17) is 27.9 Å². The molecule has 4 aromatic rings. The molecule has 2 aliphatic rings. The second-order valence-corrected chi connectivity index (χ2v) is 13.2. The van der Waals surface area contributed by atoms with Crippen molar-refractivity contribution in [2.75, 3.05) is 50.1 Å². The molecule has 2 saturated heterocycles. The molecule has 0 unspecified atom stereocenters. The van der Waals surface area contributed by atoms with E-state index in [1.54, 1.807) is 35.2 Å². The van der Waals surface area contributed by atoms with Crippen LogP contribution in [0.15, 0.2) is 59.8 Å². The summed E-state index contributed by atoms with van der Waals surface area (Å²) < 4.78 is 7.80. The zero-order valence-electron chi connectivity index (χ0n) is 25.7. The zero-order valence-corrected chi connectivity index (χ0v) is 27.2. The summed E-state index contributed by atoms with van der Waals surface area (Å²) in [6.45, 7) is 7.25. The van der Waals surface area contributed by atoms with Crippen molar-refractivity contribution in [2.24, 2.45) is 11.8 Å². The number of hydrogen-bond acceptors (Lipinski definition) is 8. The normalized spacial score (nSPS) is 18.7. The summed E-state index contributed by atoms with van der Waals surface area (Å²) in [6.07, 6.45) is 5.59. The van der Waals surface area contributed by atoms with Crippen molar-refractivity contribution < 1.29 is 14.6 Å². The Bertz CT molecular complexity index is 1790. The van der Waals surface area contributed by atoms with Gasteiger partial charge in [-0.05, 0) is 68.8 Å². The van der Waals surface area contributed by atoms with E-state index in [-0.39, 0.29) is 17.0 Å². The van der Waals surface area contributed by atoms with Crippen molar-refractivity contribution in [2.45, 2.75) is 32.4 Å². The minimum atomic E-state index is -1.31. The minimum absolute atomic E-state index is 0.0349. The molecule has 1 aromatic carbocycles. The van der Waals surface area contributed by atoms with E-state index in [1.165, 1.54) is 6.20 Å². The van der Waals surface area contributed by atoms with Crippen LogP contribution in [0.2, 0.25) is 10.0 Å². The van der Waals surface area contributed by atoms with Gasteiger partial charge in [0, 0.05) is 43.5 Å². The number of carboxylic acids is 1. The molecule has 10 nitrogen and oxygen atoms in total. The van der Waals surface area contributed by atoms with Gasteiger partial charge in [0.15, 0.2) is 0 Å². The average molecular weight is 652 g/mol. The quantitative estimate of drug-likeness (QED) is 0.253. The number of aromatic carboxylic acids is 1. The van der Waals surface area contributed by atoms with Crippen LogP contribution in [0, 0.1) is 11.8 Å². The smallest absolute Gasteiger partial charge is 0.341 e. The van der Waals surface area contributed by atoms with Crippen LogP contribution in [0.5, 0.6) is 5.88 Å². The number of ether oxygens (including phenoxy) is 1. The fraction of sp³-hybridized carbons (Fsp3) is 0.394. The SMILES string of the molecule is CC(C)[C@H]1C[C@H](COc2ncccc2Cl)N(c2cc3c(cc2Cl)c(=O)c(C(=O)O)cn3-c2ccc(N3CC(N(C)C)C3)nc2)C1. The van der Waals surface area contributed by atoms with E-state index in [2.05, 4.69) is 52.6 Å². The van der Waals surface area contributed by atoms with Crippen molar-refractivity contribution in [1.29, 1.82) is 0 Å². The van der Waals surface area contributed by atoms with E-state index in [0.29, 0.717) is 51.6 Å². The predicted molar refractivity (Wildman–Crippen MR) is 178 cm³/mol. The Hall–Kier alpha value is -3.86. The number of aromatic nitrogens is 3. The molecular weight excluding hydrogens is 615 g/mol. The van der Waals surface area contributed by atoms with Crippen LogP contribution in [0.1, 0.15) is 30.6 Å². The van der Waals surface area contributed by atoms with E-state index in [0.717, 1.165) is 37.6 Å². The van der Waals surface area contributed by atoms with Crippen molar-refractivity contribution in [3.63, 3.8) is 0 Å². The molecule has 2 atom stereocenters. The molecule has 0 bridgehead atoms.